The first-order valence-electron chi connectivity index (χ1n) is 7.27. The zero-order valence-electron chi connectivity index (χ0n) is 11.9. The lowest BCUT2D eigenvalue weighted by Gasteiger charge is -2.21. The number of nitrogens with one attached hydrogen (secondary N) is 1. The molecule has 4 heteroatoms. The highest BCUT2D eigenvalue weighted by Crippen LogP contribution is 2.24. The molecule has 2 aromatic rings. The summed E-state index contributed by atoms with van der Waals surface area (Å²) in [5.74, 6) is 0. The summed E-state index contributed by atoms with van der Waals surface area (Å²) in [6.07, 6.45) is 2.64. The minimum Gasteiger partial charge on any atom is -0.371 e. The third kappa shape index (κ3) is 3.19. The van der Waals surface area contributed by atoms with Gasteiger partial charge >= 0.3 is 0 Å². The molecule has 1 aromatic carbocycles. The van der Waals surface area contributed by atoms with E-state index in [1.54, 1.807) is 11.3 Å². The number of thiazole rings is 1. The highest BCUT2D eigenvalue weighted by Gasteiger charge is 2.14. The van der Waals surface area contributed by atoms with Gasteiger partial charge in [0.1, 0.15) is 0 Å². The molecule has 0 atom stereocenters. The summed E-state index contributed by atoms with van der Waals surface area (Å²) >= 11 is 1.71. The van der Waals surface area contributed by atoms with Crippen molar-refractivity contribution in [2.75, 3.05) is 18.0 Å². The van der Waals surface area contributed by atoms with Crippen molar-refractivity contribution in [2.45, 2.75) is 32.9 Å². The molecule has 2 heterocycles. The second-order valence-corrected chi connectivity index (χ2v) is 6.35. The van der Waals surface area contributed by atoms with Crippen LogP contribution in [-0.4, -0.2) is 18.1 Å². The molecule has 1 aromatic heterocycles. The Labute approximate surface area is 124 Å². The summed E-state index contributed by atoms with van der Waals surface area (Å²) < 4.78 is 0. The van der Waals surface area contributed by atoms with Gasteiger partial charge in [0.25, 0.3) is 0 Å². The van der Waals surface area contributed by atoms with E-state index in [2.05, 4.69) is 51.8 Å². The van der Waals surface area contributed by atoms with Crippen molar-refractivity contribution in [1.29, 1.82) is 0 Å². The van der Waals surface area contributed by atoms with Crippen LogP contribution in [0.25, 0.3) is 0 Å². The van der Waals surface area contributed by atoms with Crippen molar-refractivity contribution in [3.8, 4) is 0 Å². The van der Waals surface area contributed by atoms with E-state index in [4.69, 9.17) is 0 Å². The fourth-order valence-corrected chi connectivity index (χ4v) is 3.35. The molecular weight excluding hydrogens is 266 g/mol. The van der Waals surface area contributed by atoms with E-state index in [0.29, 0.717) is 0 Å². The lowest BCUT2D eigenvalue weighted by molar-refractivity contribution is 0.680. The van der Waals surface area contributed by atoms with E-state index in [0.717, 1.165) is 23.8 Å². The largest absolute Gasteiger partial charge is 0.371 e. The fraction of sp³-hybridized carbons (Fsp3) is 0.438. The molecule has 1 fully saturated rings. The average molecular weight is 287 g/mol. The molecule has 0 bridgehead atoms. The minimum absolute atomic E-state index is 0.846. The maximum Gasteiger partial charge on any atom is 0.0897 e. The van der Waals surface area contributed by atoms with Gasteiger partial charge in [-0.15, -0.1) is 11.3 Å². The Kier molecular flexibility index (Phi) is 4.33. The predicted octanol–water partition coefficient (Wildman–Crippen LogP) is 3.34. The molecule has 3 nitrogen and oxygen atoms in total. The van der Waals surface area contributed by atoms with Crippen LogP contribution in [0.2, 0.25) is 0 Å². The van der Waals surface area contributed by atoms with Crippen LogP contribution < -0.4 is 10.2 Å². The van der Waals surface area contributed by atoms with Gasteiger partial charge in [-0.05, 0) is 31.4 Å². The van der Waals surface area contributed by atoms with Crippen LogP contribution in [-0.2, 0) is 13.1 Å². The van der Waals surface area contributed by atoms with Gasteiger partial charge in [-0.3, -0.25) is 0 Å². The summed E-state index contributed by atoms with van der Waals surface area (Å²) in [7, 11) is 0. The number of anilines is 1. The third-order valence-corrected chi connectivity index (χ3v) is 4.55. The van der Waals surface area contributed by atoms with Crippen LogP contribution in [0.15, 0.2) is 29.6 Å². The Bertz CT molecular complexity index is 558. The molecule has 1 N–H and O–H groups in total. The first-order valence-corrected chi connectivity index (χ1v) is 8.15. The molecule has 1 aliphatic heterocycles. The third-order valence-electron chi connectivity index (χ3n) is 3.73. The number of aromatic nitrogens is 1. The molecule has 1 aliphatic rings. The molecular formula is C16H21N3S. The van der Waals surface area contributed by atoms with Gasteiger partial charge in [-0.1, -0.05) is 18.2 Å². The molecule has 0 unspecified atom stereocenters. The SMILES string of the molecule is Cc1nc(CNCc2ccccc2N2CCCC2)cs1. The van der Waals surface area contributed by atoms with E-state index in [9.17, 15) is 0 Å². The standard InChI is InChI=1S/C16H21N3S/c1-13-18-15(12-20-13)11-17-10-14-6-2-3-7-16(14)19-8-4-5-9-19/h2-3,6-7,12,17H,4-5,8-11H2,1H3. The Morgan fingerprint density at radius 3 is 2.75 bits per heavy atom. The summed E-state index contributed by atoms with van der Waals surface area (Å²) in [4.78, 5) is 6.99. The number of hydrogen-bond donors (Lipinski definition) is 1. The van der Waals surface area contributed by atoms with Crippen molar-refractivity contribution < 1.29 is 0 Å². The topological polar surface area (TPSA) is 28.2 Å². The number of rotatable bonds is 5. The molecule has 0 radical (unpaired) electrons. The zero-order valence-corrected chi connectivity index (χ0v) is 12.7. The Morgan fingerprint density at radius 2 is 2.00 bits per heavy atom. The van der Waals surface area contributed by atoms with Gasteiger partial charge < -0.3 is 10.2 Å². The minimum atomic E-state index is 0.846. The van der Waals surface area contributed by atoms with E-state index < -0.39 is 0 Å². The number of aryl methyl sites for hydroxylation is 1. The highest BCUT2D eigenvalue weighted by atomic mass is 32.1. The summed E-state index contributed by atoms with van der Waals surface area (Å²) in [5, 5.41) is 6.78. The van der Waals surface area contributed by atoms with Crippen molar-refractivity contribution in [1.82, 2.24) is 10.3 Å². The lowest BCUT2D eigenvalue weighted by Crippen LogP contribution is -2.21. The lowest BCUT2D eigenvalue weighted by atomic mass is 10.1. The van der Waals surface area contributed by atoms with E-state index in [1.807, 2.05) is 0 Å². The number of benzene rings is 1. The van der Waals surface area contributed by atoms with Crippen LogP contribution in [0, 0.1) is 6.92 Å². The Hall–Kier alpha value is -1.39. The Morgan fingerprint density at radius 1 is 1.20 bits per heavy atom. The number of nitrogens with zero attached hydrogens (tertiary/aromatic N) is 2. The second kappa shape index (κ2) is 6.37. The number of para-hydroxylation sites is 1. The summed E-state index contributed by atoms with van der Waals surface area (Å²) in [5.41, 5.74) is 3.93. The molecule has 0 spiro atoms. The molecule has 3 rings (SSSR count). The molecule has 106 valence electrons. The highest BCUT2D eigenvalue weighted by molar-refractivity contribution is 7.09. The van der Waals surface area contributed by atoms with Crippen molar-refractivity contribution in [3.05, 3.63) is 45.9 Å². The van der Waals surface area contributed by atoms with Crippen LogP contribution in [0.5, 0.6) is 0 Å². The van der Waals surface area contributed by atoms with Crippen molar-refractivity contribution in [3.63, 3.8) is 0 Å². The quantitative estimate of drug-likeness (QED) is 0.914. The van der Waals surface area contributed by atoms with Gasteiger partial charge in [-0.25, -0.2) is 4.98 Å². The molecule has 0 aliphatic carbocycles. The maximum atomic E-state index is 4.49. The smallest absolute Gasteiger partial charge is 0.0897 e. The fourth-order valence-electron chi connectivity index (χ4n) is 2.74. The van der Waals surface area contributed by atoms with Gasteiger partial charge in [0.2, 0.25) is 0 Å². The van der Waals surface area contributed by atoms with E-state index in [-0.39, 0.29) is 0 Å². The van der Waals surface area contributed by atoms with Gasteiger partial charge in [-0.2, -0.15) is 0 Å². The normalized spacial score (nSPS) is 14.9. The van der Waals surface area contributed by atoms with Crippen molar-refractivity contribution in [2.24, 2.45) is 0 Å². The molecule has 0 amide bonds. The van der Waals surface area contributed by atoms with E-state index >= 15 is 0 Å². The Balaban J connectivity index is 1.62. The molecule has 0 saturated carbocycles. The van der Waals surface area contributed by atoms with Crippen LogP contribution in [0.1, 0.15) is 29.1 Å². The summed E-state index contributed by atoms with van der Waals surface area (Å²) in [6.45, 7) is 6.20. The first kappa shape index (κ1) is 13.6. The molecule has 20 heavy (non-hydrogen) atoms. The zero-order chi connectivity index (χ0) is 13.8. The summed E-state index contributed by atoms with van der Waals surface area (Å²) in [6, 6.07) is 8.74. The van der Waals surface area contributed by atoms with Gasteiger partial charge in [0, 0.05) is 37.2 Å². The van der Waals surface area contributed by atoms with E-state index in [1.165, 1.54) is 37.2 Å². The second-order valence-electron chi connectivity index (χ2n) is 5.28. The molecule has 1 saturated heterocycles. The van der Waals surface area contributed by atoms with Crippen molar-refractivity contribution >= 4 is 17.0 Å². The van der Waals surface area contributed by atoms with Crippen LogP contribution in [0.4, 0.5) is 5.69 Å². The van der Waals surface area contributed by atoms with Gasteiger partial charge in [0.05, 0.1) is 10.7 Å². The maximum absolute atomic E-state index is 4.49. The van der Waals surface area contributed by atoms with Crippen LogP contribution >= 0.6 is 11.3 Å². The number of hydrogen-bond acceptors (Lipinski definition) is 4. The monoisotopic (exact) mass is 287 g/mol. The average Bonchev–Trinajstić information content (AvgIpc) is 3.11. The van der Waals surface area contributed by atoms with Crippen LogP contribution in [0.3, 0.4) is 0 Å². The first-order chi connectivity index (χ1) is 9.83. The van der Waals surface area contributed by atoms with Gasteiger partial charge in [0.15, 0.2) is 0 Å². The predicted molar refractivity (Wildman–Crippen MR) is 85.3 cm³/mol.